The summed E-state index contributed by atoms with van der Waals surface area (Å²) < 4.78 is 0. The number of piperidine rings is 1. The lowest BCUT2D eigenvalue weighted by Gasteiger charge is -2.23. The van der Waals surface area contributed by atoms with Gasteiger partial charge in [0.05, 0.1) is 5.69 Å². The van der Waals surface area contributed by atoms with Crippen molar-refractivity contribution in [3.8, 4) is 11.3 Å². The molecule has 0 radical (unpaired) electrons. The lowest BCUT2D eigenvalue weighted by Crippen LogP contribution is -2.26. The monoisotopic (exact) mass is 241 g/mol. The van der Waals surface area contributed by atoms with Crippen molar-refractivity contribution < 1.29 is 0 Å². The van der Waals surface area contributed by atoms with E-state index in [0.29, 0.717) is 0 Å². The minimum Gasteiger partial charge on any atom is -0.317 e. The molecule has 0 saturated carbocycles. The van der Waals surface area contributed by atoms with Crippen LogP contribution in [0.2, 0.25) is 0 Å². The van der Waals surface area contributed by atoms with Gasteiger partial charge in [0.15, 0.2) is 0 Å². The Hall–Kier alpha value is -1.61. The number of aryl methyl sites for hydroxylation is 1. The molecule has 0 atom stereocenters. The highest BCUT2D eigenvalue weighted by Crippen LogP contribution is 2.29. The van der Waals surface area contributed by atoms with Crippen molar-refractivity contribution in [3.63, 3.8) is 0 Å². The highest BCUT2D eigenvalue weighted by molar-refractivity contribution is 5.63. The zero-order valence-electron chi connectivity index (χ0n) is 10.7. The van der Waals surface area contributed by atoms with Gasteiger partial charge in [-0.2, -0.15) is 5.10 Å². The Balaban J connectivity index is 1.89. The zero-order valence-corrected chi connectivity index (χ0v) is 10.7. The number of benzene rings is 1. The molecule has 0 bridgehead atoms. The Bertz CT molecular complexity index is 511. The largest absolute Gasteiger partial charge is 0.317 e. The van der Waals surface area contributed by atoms with Crippen LogP contribution < -0.4 is 5.32 Å². The van der Waals surface area contributed by atoms with Gasteiger partial charge in [0.2, 0.25) is 0 Å². The van der Waals surface area contributed by atoms with Crippen LogP contribution >= 0.6 is 0 Å². The molecule has 2 N–H and O–H groups in total. The van der Waals surface area contributed by atoms with E-state index in [9.17, 15) is 0 Å². The van der Waals surface area contributed by atoms with E-state index >= 15 is 0 Å². The number of nitrogens with one attached hydrogen (secondary N) is 2. The van der Waals surface area contributed by atoms with Gasteiger partial charge in [0.1, 0.15) is 0 Å². The maximum atomic E-state index is 4.02. The third-order valence-corrected chi connectivity index (χ3v) is 3.85. The highest BCUT2D eigenvalue weighted by atomic mass is 15.1. The van der Waals surface area contributed by atoms with Gasteiger partial charge < -0.3 is 5.32 Å². The first-order valence-electron chi connectivity index (χ1n) is 6.65. The van der Waals surface area contributed by atoms with Gasteiger partial charge >= 0.3 is 0 Å². The summed E-state index contributed by atoms with van der Waals surface area (Å²) in [5.41, 5.74) is 5.17. The fraction of sp³-hybridized carbons (Fsp3) is 0.400. The van der Waals surface area contributed by atoms with Crippen LogP contribution in [0.15, 0.2) is 30.5 Å². The van der Waals surface area contributed by atoms with Gasteiger partial charge in [-0.05, 0) is 56.0 Å². The molecule has 18 heavy (non-hydrogen) atoms. The molecule has 0 unspecified atom stereocenters. The topological polar surface area (TPSA) is 40.7 Å². The summed E-state index contributed by atoms with van der Waals surface area (Å²) in [4.78, 5) is 0. The van der Waals surface area contributed by atoms with E-state index in [1.807, 2.05) is 6.07 Å². The lowest BCUT2D eigenvalue weighted by molar-refractivity contribution is 0.460. The van der Waals surface area contributed by atoms with Gasteiger partial charge in [-0.1, -0.05) is 18.2 Å². The van der Waals surface area contributed by atoms with E-state index in [-0.39, 0.29) is 0 Å². The van der Waals surface area contributed by atoms with E-state index in [4.69, 9.17) is 0 Å². The maximum absolute atomic E-state index is 4.02. The predicted octanol–water partition coefficient (Wildman–Crippen LogP) is 2.85. The van der Waals surface area contributed by atoms with Crippen LogP contribution in [0.3, 0.4) is 0 Å². The average Bonchev–Trinajstić information content (AvgIpc) is 2.93. The van der Waals surface area contributed by atoms with Gasteiger partial charge in [0.25, 0.3) is 0 Å². The van der Waals surface area contributed by atoms with E-state index in [1.165, 1.54) is 29.5 Å². The molecule has 94 valence electrons. The number of hydrogen-bond acceptors (Lipinski definition) is 2. The lowest BCUT2D eigenvalue weighted by atomic mass is 9.88. The Labute approximate surface area is 108 Å². The summed E-state index contributed by atoms with van der Waals surface area (Å²) >= 11 is 0. The van der Waals surface area contributed by atoms with E-state index in [0.717, 1.165) is 24.7 Å². The third kappa shape index (κ3) is 2.18. The highest BCUT2D eigenvalue weighted by Gasteiger charge is 2.16. The summed E-state index contributed by atoms with van der Waals surface area (Å²) in [7, 11) is 0. The molecule has 0 aliphatic carbocycles. The zero-order chi connectivity index (χ0) is 12.4. The molecule has 3 rings (SSSR count). The first-order valence-corrected chi connectivity index (χ1v) is 6.65. The van der Waals surface area contributed by atoms with Crippen LogP contribution in [-0.2, 0) is 0 Å². The van der Waals surface area contributed by atoms with Crippen LogP contribution in [-0.4, -0.2) is 23.3 Å². The van der Waals surface area contributed by atoms with E-state index in [1.54, 1.807) is 6.20 Å². The fourth-order valence-electron chi connectivity index (χ4n) is 2.80. The second-order valence-corrected chi connectivity index (χ2v) is 5.07. The average molecular weight is 241 g/mol. The van der Waals surface area contributed by atoms with Crippen LogP contribution in [0.25, 0.3) is 11.3 Å². The number of aromatic nitrogens is 2. The third-order valence-electron chi connectivity index (χ3n) is 3.85. The summed E-state index contributed by atoms with van der Waals surface area (Å²) in [6, 6.07) is 8.86. The Morgan fingerprint density at radius 1 is 1.17 bits per heavy atom. The molecule has 0 spiro atoms. The molecule has 2 heterocycles. The van der Waals surface area contributed by atoms with Crippen LogP contribution in [0, 0.1) is 6.92 Å². The van der Waals surface area contributed by atoms with E-state index in [2.05, 4.69) is 40.6 Å². The molecule has 1 aliphatic rings. The van der Waals surface area contributed by atoms with Gasteiger partial charge in [-0.15, -0.1) is 0 Å². The molecule has 1 aliphatic heterocycles. The standard InChI is InChI=1S/C15H19N3/c1-11-10-13(12-4-7-16-8-5-12)2-3-14(11)15-6-9-17-18-15/h2-3,6,9-10,12,16H,4-5,7-8H2,1H3,(H,17,18). The molecule has 1 aromatic carbocycles. The molecular weight excluding hydrogens is 222 g/mol. The van der Waals surface area contributed by atoms with Gasteiger partial charge in [-0.25, -0.2) is 0 Å². The van der Waals surface area contributed by atoms with Crippen molar-refractivity contribution in [1.82, 2.24) is 15.5 Å². The number of rotatable bonds is 2. The van der Waals surface area contributed by atoms with Crippen molar-refractivity contribution in [2.24, 2.45) is 0 Å². The molecule has 1 saturated heterocycles. The quantitative estimate of drug-likeness (QED) is 0.848. The minimum atomic E-state index is 0.723. The smallest absolute Gasteiger partial charge is 0.0652 e. The molecule has 0 amide bonds. The Morgan fingerprint density at radius 2 is 2.00 bits per heavy atom. The number of H-pyrrole nitrogens is 1. The molecule has 1 fully saturated rings. The normalized spacial score (nSPS) is 16.9. The second kappa shape index (κ2) is 4.94. The van der Waals surface area contributed by atoms with Crippen molar-refractivity contribution in [3.05, 3.63) is 41.6 Å². The van der Waals surface area contributed by atoms with E-state index < -0.39 is 0 Å². The molecule has 3 nitrogen and oxygen atoms in total. The first-order chi connectivity index (χ1) is 8.84. The molecule has 3 heteroatoms. The summed E-state index contributed by atoms with van der Waals surface area (Å²) in [5, 5.41) is 10.5. The predicted molar refractivity (Wildman–Crippen MR) is 73.6 cm³/mol. The summed E-state index contributed by atoms with van der Waals surface area (Å²) in [6.45, 7) is 4.47. The minimum absolute atomic E-state index is 0.723. The summed E-state index contributed by atoms with van der Waals surface area (Å²) in [5.74, 6) is 0.723. The van der Waals surface area contributed by atoms with Crippen LogP contribution in [0.5, 0.6) is 0 Å². The van der Waals surface area contributed by atoms with Crippen LogP contribution in [0.4, 0.5) is 0 Å². The van der Waals surface area contributed by atoms with Crippen molar-refractivity contribution in [1.29, 1.82) is 0 Å². The molecule has 2 aromatic rings. The van der Waals surface area contributed by atoms with Crippen molar-refractivity contribution >= 4 is 0 Å². The Kier molecular flexibility index (Phi) is 3.15. The number of nitrogens with zero attached hydrogens (tertiary/aromatic N) is 1. The fourth-order valence-corrected chi connectivity index (χ4v) is 2.80. The summed E-state index contributed by atoms with van der Waals surface area (Å²) in [6.07, 6.45) is 4.31. The SMILES string of the molecule is Cc1cc(C2CCNCC2)ccc1-c1ccn[nH]1. The second-order valence-electron chi connectivity index (χ2n) is 5.07. The number of aromatic amines is 1. The first kappa shape index (κ1) is 11.5. The number of hydrogen-bond donors (Lipinski definition) is 2. The van der Waals surface area contributed by atoms with Crippen molar-refractivity contribution in [2.75, 3.05) is 13.1 Å². The van der Waals surface area contributed by atoms with Gasteiger partial charge in [0, 0.05) is 11.8 Å². The molecule has 1 aromatic heterocycles. The van der Waals surface area contributed by atoms with Crippen molar-refractivity contribution in [2.45, 2.75) is 25.7 Å². The van der Waals surface area contributed by atoms with Gasteiger partial charge in [-0.3, -0.25) is 5.10 Å². The Morgan fingerprint density at radius 3 is 2.67 bits per heavy atom. The maximum Gasteiger partial charge on any atom is 0.0652 e. The molecular formula is C15H19N3. The van der Waals surface area contributed by atoms with Crippen LogP contribution in [0.1, 0.15) is 29.9 Å².